The molecule has 160 valence electrons. The van der Waals surface area contributed by atoms with Gasteiger partial charge in [-0.05, 0) is 71.1 Å². The highest BCUT2D eigenvalue weighted by Crippen LogP contribution is 2.42. The summed E-state index contributed by atoms with van der Waals surface area (Å²) in [6.45, 7) is 12.4. The van der Waals surface area contributed by atoms with E-state index < -0.39 is 0 Å². The lowest BCUT2D eigenvalue weighted by atomic mass is 9.92. The highest BCUT2D eigenvalue weighted by Gasteiger charge is 2.20. The first-order valence-electron chi connectivity index (χ1n) is 11.4. The van der Waals surface area contributed by atoms with Crippen LogP contribution < -0.4 is 0 Å². The number of fused-ring (bicyclic) bond motifs is 5. The van der Waals surface area contributed by atoms with Crippen LogP contribution in [0.4, 0.5) is 0 Å². The summed E-state index contributed by atoms with van der Waals surface area (Å²) in [6.07, 6.45) is 10.3. The summed E-state index contributed by atoms with van der Waals surface area (Å²) < 4.78 is 2.38. The van der Waals surface area contributed by atoms with Crippen LogP contribution in [0.3, 0.4) is 0 Å². The molecule has 0 unspecified atom stereocenters. The zero-order valence-corrected chi connectivity index (χ0v) is 19.2. The van der Waals surface area contributed by atoms with Gasteiger partial charge < -0.3 is 4.57 Å². The van der Waals surface area contributed by atoms with Crippen molar-refractivity contribution in [3.05, 3.63) is 121 Å². The van der Waals surface area contributed by atoms with Crippen molar-refractivity contribution < 1.29 is 0 Å². The lowest BCUT2D eigenvalue weighted by Gasteiger charge is -2.12. The minimum atomic E-state index is 1.14. The fourth-order valence-corrected chi connectivity index (χ4v) is 5.02. The van der Waals surface area contributed by atoms with Crippen molar-refractivity contribution in [2.75, 3.05) is 0 Å². The molecule has 1 heteroatoms. The van der Waals surface area contributed by atoms with Crippen LogP contribution in [-0.2, 0) is 0 Å². The molecule has 0 amide bonds. The normalized spacial score (nSPS) is 12.2. The number of hydrogen-bond acceptors (Lipinski definition) is 0. The molecule has 0 atom stereocenters. The Bertz CT molecular complexity index is 1590. The fraction of sp³-hybridized carbons (Fsp3) is 0.0625. The van der Waals surface area contributed by atoms with Crippen LogP contribution in [0.5, 0.6) is 0 Å². The number of nitrogens with zero attached hydrogens (tertiary/aromatic N) is 1. The third-order valence-electron chi connectivity index (χ3n) is 6.42. The van der Waals surface area contributed by atoms with Gasteiger partial charge in [0.15, 0.2) is 0 Å². The summed E-state index contributed by atoms with van der Waals surface area (Å²) >= 11 is 0. The molecular formula is C32H27N. The van der Waals surface area contributed by atoms with Crippen LogP contribution in [0.25, 0.3) is 56.0 Å². The average Bonchev–Trinajstić information content (AvgIpc) is 3.20. The monoisotopic (exact) mass is 425 g/mol. The zero-order chi connectivity index (χ0) is 22.9. The molecule has 5 aromatic rings. The van der Waals surface area contributed by atoms with Crippen LogP contribution >= 0.6 is 0 Å². The zero-order valence-electron chi connectivity index (χ0n) is 19.2. The lowest BCUT2D eigenvalue weighted by molar-refractivity contribution is 1.18. The van der Waals surface area contributed by atoms with Crippen LogP contribution in [0.2, 0.25) is 0 Å². The molecule has 0 aliphatic carbocycles. The Balaban J connectivity index is 2.12. The van der Waals surface area contributed by atoms with Crippen molar-refractivity contribution in [1.29, 1.82) is 0 Å². The molecular weight excluding hydrogens is 398 g/mol. The molecule has 1 aromatic heterocycles. The van der Waals surface area contributed by atoms with Gasteiger partial charge in [-0.15, -0.1) is 0 Å². The van der Waals surface area contributed by atoms with E-state index in [4.69, 9.17) is 0 Å². The number of allylic oxidation sites excluding steroid dienone is 4. The molecule has 0 aliphatic rings. The van der Waals surface area contributed by atoms with Crippen LogP contribution in [0.1, 0.15) is 30.5 Å². The number of benzene rings is 4. The van der Waals surface area contributed by atoms with Gasteiger partial charge >= 0.3 is 0 Å². The summed E-state index contributed by atoms with van der Waals surface area (Å²) in [7, 11) is 0. The highest BCUT2D eigenvalue weighted by atomic mass is 15.0. The summed E-state index contributed by atoms with van der Waals surface area (Å²) in [6, 6.07) is 26.1. The Labute approximate surface area is 195 Å². The Morgan fingerprint density at radius 2 is 1.52 bits per heavy atom. The van der Waals surface area contributed by atoms with Crippen LogP contribution in [0, 0.1) is 0 Å². The Morgan fingerprint density at radius 1 is 0.788 bits per heavy atom. The maximum atomic E-state index is 4.20. The highest BCUT2D eigenvalue weighted by molar-refractivity contribution is 6.25. The first-order valence-corrected chi connectivity index (χ1v) is 11.4. The lowest BCUT2D eigenvalue weighted by Crippen LogP contribution is -1.95. The molecule has 1 heterocycles. The molecule has 1 nitrogen and oxygen atoms in total. The molecule has 0 N–H and O–H groups in total. The summed E-state index contributed by atoms with van der Waals surface area (Å²) in [5, 5.41) is 4.97. The first kappa shape index (κ1) is 20.8. The second-order valence-electron chi connectivity index (χ2n) is 8.15. The first-order chi connectivity index (χ1) is 16.2. The summed E-state index contributed by atoms with van der Waals surface area (Å²) in [5.41, 5.74) is 8.20. The maximum Gasteiger partial charge on any atom is 0.0553 e. The molecule has 0 saturated heterocycles. The van der Waals surface area contributed by atoms with E-state index in [-0.39, 0.29) is 0 Å². The molecule has 0 bridgehead atoms. The van der Waals surface area contributed by atoms with E-state index in [1.54, 1.807) is 0 Å². The van der Waals surface area contributed by atoms with Crippen molar-refractivity contribution in [3.8, 4) is 5.69 Å². The minimum Gasteiger partial charge on any atom is -0.309 e. The van der Waals surface area contributed by atoms with Gasteiger partial charge in [0.25, 0.3) is 0 Å². The van der Waals surface area contributed by atoms with Gasteiger partial charge in [-0.25, -0.2) is 0 Å². The van der Waals surface area contributed by atoms with Crippen molar-refractivity contribution in [2.24, 2.45) is 0 Å². The van der Waals surface area contributed by atoms with Gasteiger partial charge in [0.1, 0.15) is 0 Å². The molecule has 0 fully saturated rings. The van der Waals surface area contributed by atoms with Crippen LogP contribution in [-0.4, -0.2) is 4.57 Å². The second kappa shape index (κ2) is 8.44. The Morgan fingerprint density at radius 3 is 2.18 bits per heavy atom. The number of rotatable bonds is 5. The standard InChI is InChI=1S/C32H27N/c1-5-14-23-19-20-29-31(25(23)8-4)32-27-18-13-12-17-26(27)28(22(6-2)7-3)21-30(32)33(29)24-15-10-9-11-16-24/h5-21H,2,4H2,1,3H3/b14-5-,22-7+. The number of aromatic nitrogens is 1. The van der Waals surface area contributed by atoms with Crippen molar-refractivity contribution >= 4 is 50.3 Å². The number of hydrogen-bond donors (Lipinski definition) is 0. The smallest absolute Gasteiger partial charge is 0.0553 e. The van der Waals surface area contributed by atoms with Gasteiger partial charge in [0.05, 0.1) is 11.0 Å². The SMILES string of the molecule is C=C/C(=C\C)c1cc2c(c3ccccc13)c1c(C=C)c(/C=C\C)ccc1n2-c1ccccc1. The van der Waals surface area contributed by atoms with E-state index in [0.29, 0.717) is 0 Å². The molecule has 0 spiro atoms. The molecule has 0 aliphatic heterocycles. The Hall–Kier alpha value is -4.10. The number of para-hydroxylation sites is 1. The Kier molecular flexibility index (Phi) is 5.32. The predicted octanol–water partition coefficient (Wildman–Crippen LogP) is 9.20. The van der Waals surface area contributed by atoms with Gasteiger partial charge in [-0.3, -0.25) is 0 Å². The third kappa shape index (κ3) is 3.16. The van der Waals surface area contributed by atoms with Crippen molar-refractivity contribution in [3.63, 3.8) is 0 Å². The summed E-state index contributed by atoms with van der Waals surface area (Å²) in [4.78, 5) is 0. The van der Waals surface area contributed by atoms with Crippen molar-refractivity contribution in [1.82, 2.24) is 4.57 Å². The van der Waals surface area contributed by atoms with E-state index in [2.05, 4.69) is 123 Å². The average molecular weight is 426 g/mol. The van der Waals surface area contributed by atoms with E-state index in [0.717, 1.165) is 16.8 Å². The maximum absolute atomic E-state index is 4.20. The topological polar surface area (TPSA) is 4.93 Å². The third-order valence-corrected chi connectivity index (χ3v) is 6.42. The molecule has 0 radical (unpaired) electrons. The molecule has 5 rings (SSSR count). The quantitative estimate of drug-likeness (QED) is 0.247. The largest absolute Gasteiger partial charge is 0.309 e. The van der Waals surface area contributed by atoms with E-state index >= 15 is 0 Å². The van der Waals surface area contributed by atoms with Crippen molar-refractivity contribution in [2.45, 2.75) is 13.8 Å². The van der Waals surface area contributed by atoms with Gasteiger partial charge in [0.2, 0.25) is 0 Å². The second-order valence-corrected chi connectivity index (χ2v) is 8.15. The molecule has 4 aromatic carbocycles. The van der Waals surface area contributed by atoms with Gasteiger partial charge in [0, 0.05) is 16.5 Å². The summed E-state index contributed by atoms with van der Waals surface area (Å²) in [5.74, 6) is 0. The van der Waals surface area contributed by atoms with Gasteiger partial charge in [-0.2, -0.15) is 0 Å². The van der Waals surface area contributed by atoms with E-state index in [1.165, 1.54) is 43.7 Å². The minimum absolute atomic E-state index is 1.14. The van der Waals surface area contributed by atoms with Gasteiger partial charge in [-0.1, -0.05) is 92.1 Å². The van der Waals surface area contributed by atoms with E-state index in [9.17, 15) is 0 Å². The predicted molar refractivity (Wildman–Crippen MR) is 147 cm³/mol. The van der Waals surface area contributed by atoms with Crippen LogP contribution in [0.15, 0.2) is 104 Å². The van der Waals surface area contributed by atoms with E-state index in [1.807, 2.05) is 12.2 Å². The molecule has 0 saturated carbocycles. The fourth-order valence-electron chi connectivity index (χ4n) is 5.02. The molecule has 33 heavy (non-hydrogen) atoms.